The molecule has 1 aromatic rings. The summed E-state index contributed by atoms with van der Waals surface area (Å²) in [6.45, 7) is 5.81. The van der Waals surface area contributed by atoms with Crippen LogP contribution in [0.2, 0.25) is 5.02 Å². The number of carbonyl (C=O) groups is 1. The number of rotatable bonds is 5. The summed E-state index contributed by atoms with van der Waals surface area (Å²) in [5.41, 5.74) is 0.116. The van der Waals surface area contributed by atoms with E-state index in [2.05, 4.69) is 5.32 Å². The lowest BCUT2D eigenvalue weighted by atomic mass is 10.2. The van der Waals surface area contributed by atoms with Crippen LogP contribution in [0.3, 0.4) is 0 Å². The molecule has 0 atom stereocenters. The van der Waals surface area contributed by atoms with Gasteiger partial charge in [0.15, 0.2) is 0 Å². The Morgan fingerprint density at radius 2 is 2.14 bits per heavy atom. The highest BCUT2D eigenvalue weighted by Crippen LogP contribution is 2.23. The second-order valence-corrected chi connectivity index (χ2v) is 5.99. The van der Waals surface area contributed by atoms with Gasteiger partial charge in [0.1, 0.15) is 5.60 Å². The number of nitrogens with one attached hydrogen (secondary N) is 1. The van der Waals surface area contributed by atoms with E-state index in [4.69, 9.17) is 16.3 Å². The Balaban J connectivity index is 2.44. The van der Waals surface area contributed by atoms with Crippen LogP contribution in [0.25, 0.3) is 6.08 Å². The third kappa shape index (κ3) is 6.58. The predicted octanol–water partition coefficient (Wildman–Crippen LogP) is 4.18. The van der Waals surface area contributed by atoms with Crippen molar-refractivity contribution in [2.75, 3.05) is 6.54 Å². The number of benzene rings is 1. The van der Waals surface area contributed by atoms with Crippen LogP contribution in [0.5, 0.6) is 0 Å². The van der Waals surface area contributed by atoms with Gasteiger partial charge in [0.25, 0.3) is 5.69 Å². The zero-order valence-electron chi connectivity index (χ0n) is 12.8. The number of non-ortho nitro benzene ring substituents is 1. The third-order valence-corrected chi connectivity index (χ3v) is 2.80. The molecule has 0 heterocycles. The fraction of sp³-hybridized carbons (Fsp3) is 0.400. The van der Waals surface area contributed by atoms with E-state index < -0.39 is 16.6 Å². The zero-order valence-corrected chi connectivity index (χ0v) is 13.5. The number of nitro benzene ring substituents is 1. The highest BCUT2D eigenvalue weighted by Gasteiger charge is 2.15. The van der Waals surface area contributed by atoms with Gasteiger partial charge in [-0.05, 0) is 38.8 Å². The third-order valence-electron chi connectivity index (χ3n) is 2.47. The van der Waals surface area contributed by atoms with Gasteiger partial charge in [-0.25, -0.2) is 4.79 Å². The lowest BCUT2D eigenvalue weighted by Gasteiger charge is -2.19. The second kappa shape index (κ2) is 7.79. The molecule has 1 amide bonds. The van der Waals surface area contributed by atoms with Crippen molar-refractivity contribution in [2.45, 2.75) is 32.8 Å². The van der Waals surface area contributed by atoms with Crippen LogP contribution in [0.15, 0.2) is 24.3 Å². The number of ether oxygens (including phenoxy) is 1. The number of carbonyl (C=O) groups excluding carboxylic acids is 1. The van der Waals surface area contributed by atoms with Gasteiger partial charge < -0.3 is 10.1 Å². The number of nitrogens with zero attached hydrogens (tertiary/aromatic N) is 1. The number of amides is 1. The summed E-state index contributed by atoms with van der Waals surface area (Å²) in [5.74, 6) is 0. The average Bonchev–Trinajstić information content (AvgIpc) is 2.37. The van der Waals surface area contributed by atoms with Crippen LogP contribution in [0.1, 0.15) is 32.8 Å². The van der Waals surface area contributed by atoms with Crippen LogP contribution in [-0.4, -0.2) is 23.2 Å². The molecule has 1 aromatic carbocycles. The summed E-state index contributed by atoms with van der Waals surface area (Å²) < 4.78 is 5.10. The van der Waals surface area contributed by atoms with Crippen LogP contribution >= 0.6 is 11.6 Å². The molecule has 7 heteroatoms. The maximum absolute atomic E-state index is 11.4. The lowest BCUT2D eigenvalue weighted by Crippen LogP contribution is -2.32. The van der Waals surface area contributed by atoms with E-state index in [1.54, 1.807) is 32.9 Å². The SMILES string of the molecule is CC(C)(C)OC(=O)NCCC=Cc1ccc([N+](=O)[O-])cc1Cl. The topological polar surface area (TPSA) is 81.5 Å². The van der Waals surface area contributed by atoms with Gasteiger partial charge in [-0.2, -0.15) is 0 Å². The van der Waals surface area contributed by atoms with Crippen LogP contribution < -0.4 is 5.32 Å². The molecule has 0 radical (unpaired) electrons. The van der Waals surface area contributed by atoms with Crippen LogP contribution in [0.4, 0.5) is 10.5 Å². The Morgan fingerprint density at radius 3 is 2.68 bits per heavy atom. The van der Waals surface area contributed by atoms with Gasteiger partial charge in [-0.15, -0.1) is 0 Å². The van der Waals surface area contributed by atoms with Crippen LogP contribution in [0, 0.1) is 10.1 Å². The molecule has 0 spiro atoms. The van der Waals surface area contributed by atoms with Gasteiger partial charge in [-0.3, -0.25) is 10.1 Å². The fourth-order valence-corrected chi connectivity index (χ4v) is 1.78. The maximum atomic E-state index is 11.4. The standard InChI is InChI=1S/C15H19ClN2O4/c1-15(2,3)22-14(19)17-9-5-4-6-11-7-8-12(18(20)21)10-13(11)16/h4,6-8,10H,5,9H2,1-3H3,(H,17,19). The molecule has 0 unspecified atom stereocenters. The first-order valence-corrected chi connectivity index (χ1v) is 7.14. The van der Waals surface area contributed by atoms with Crippen molar-refractivity contribution in [3.63, 3.8) is 0 Å². The van der Waals surface area contributed by atoms with Crippen molar-refractivity contribution in [2.24, 2.45) is 0 Å². The molecule has 1 rings (SSSR count). The number of alkyl carbamates (subject to hydrolysis) is 1. The molecule has 22 heavy (non-hydrogen) atoms. The molecule has 0 aliphatic carbocycles. The molecular formula is C15H19ClN2O4. The van der Waals surface area contributed by atoms with E-state index in [1.165, 1.54) is 12.1 Å². The Hall–Kier alpha value is -2.08. The number of hydrogen-bond donors (Lipinski definition) is 1. The number of halogens is 1. The Kier molecular flexibility index (Phi) is 6.37. The minimum absolute atomic E-state index is 0.0475. The van der Waals surface area contributed by atoms with E-state index in [0.29, 0.717) is 23.6 Å². The quantitative estimate of drug-likeness (QED) is 0.500. The molecule has 0 aliphatic rings. The maximum Gasteiger partial charge on any atom is 0.407 e. The number of hydrogen-bond acceptors (Lipinski definition) is 4. The van der Waals surface area contributed by atoms with E-state index in [-0.39, 0.29) is 5.69 Å². The highest BCUT2D eigenvalue weighted by atomic mass is 35.5. The lowest BCUT2D eigenvalue weighted by molar-refractivity contribution is -0.384. The summed E-state index contributed by atoms with van der Waals surface area (Å²) in [7, 11) is 0. The molecule has 1 N–H and O–H groups in total. The monoisotopic (exact) mass is 326 g/mol. The van der Waals surface area contributed by atoms with Crippen molar-refractivity contribution in [1.82, 2.24) is 5.32 Å². The second-order valence-electron chi connectivity index (χ2n) is 5.58. The van der Waals surface area contributed by atoms with Crippen molar-refractivity contribution in [1.29, 1.82) is 0 Å². The minimum Gasteiger partial charge on any atom is -0.444 e. The predicted molar refractivity (Wildman–Crippen MR) is 86.0 cm³/mol. The summed E-state index contributed by atoms with van der Waals surface area (Å²) in [5, 5.41) is 13.5. The van der Waals surface area contributed by atoms with Crippen molar-refractivity contribution in [3.8, 4) is 0 Å². The van der Waals surface area contributed by atoms with Crippen molar-refractivity contribution < 1.29 is 14.5 Å². The Bertz CT molecular complexity index is 579. The Labute approximate surface area is 134 Å². The normalized spacial score (nSPS) is 11.5. The smallest absolute Gasteiger partial charge is 0.407 e. The molecule has 120 valence electrons. The van der Waals surface area contributed by atoms with E-state index >= 15 is 0 Å². The molecule has 0 saturated heterocycles. The molecule has 0 bridgehead atoms. The van der Waals surface area contributed by atoms with E-state index in [0.717, 1.165) is 0 Å². The molecule has 0 fully saturated rings. The van der Waals surface area contributed by atoms with E-state index in [9.17, 15) is 14.9 Å². The van der Waals surface area contributed by atoms with Gasteiger partial charge in [0.05, 0.1) is 9.95 Å². The van der Waals surface area contributed by atoms with Gasteiger partial charge in [0, 0.05) is 18.7 Å². The molecular weight excluding hydrogens is 308 g/mol. The summed E-state index contributed by atoms with van der Waals surface area (Å²) in [6, 6.07) is 4.28. The highest BCUT2D eigenvalue weighted by molar-refractivity contribution is 6.32. The van der Waals surface area contributed by atoms with Crippen molar-refractivity contribution in [3.05, 3.63) is 45.0 Å². The van der Waals surface area contributed by atoms with E-state index in [1.807, 2.05) is 6.08 Å². The fourth-order valence-electron chi connectivity index (χ4n) is 1.55. The summed E-state index contributed by atoms with van der Waals surface area (Å²) in [4.78, 5) is 21.5. The van der Waals surface area contributed by atoms with Gasteiger partial charge in [0.2, 0.25) is 0 Å². The van der Waals surface area contributed by atoms with Crippen molar-refractivity contribution >= 4 is 29.5 Å². The minimum atomic E-state index is -0.522. The van der Waals surface area contributed by atoms with Gasteiger partial charge >= 0.3 is 6.09 Å². The summed E-state index contributed by atoms with van der Waals surface area (Å²) in [6.07, 6.45) is 3.70. The van der Waals surface area contributed by atoms with Gasteiger partial charge in [-0.1, -0.05) is 23.8 Å². The molecule has 0 aromatic heterocycles. The first kappa shape index (κ1) is 18.0. The van der Waals surface area contributed by atoms with Crippen LogP contribution in [-0.2, 0) is 4.74 Å². The first-order valence-electron chi connectivity index (χ1n) is 6.76. The molecule has 0 saturated carbocycles. The zero-order chi connectivity index (χ0) is 16.8. The number of nitro groups is 1. The molecule has 6 nitrogen and oxygen atoms in total. The largest absolute Gasteiger partial charge is 0.444 e. The average molecular weight is 327 g/mol. The Morgan fingerprint density at radius 1 is 1.45 bits per heavy atom. The molecule has 0 aliphatic heterocycles. The summed E-state index contributed by atoms with van der Waals surface area (Å²) >= 11 is 5.96. The first-order chi connectivity index (χ1) is 10.2.